The second kappa shape index (κ2) is 8.99. The molecule has 1 heterocycles. The van der Waals surface area contributed by atoms with E-state index in [0.717, 1.165) is 17.7 Å². The number of carbonyl (C=O) groups excluding carboxylic acids is 1. The van der Waals surface area contributed by atoms with Crippen LogP contribution >= 0.6 is 0 Å². The Morgan fingerprint density at radius 2 is 1.86 bits per heavy atom. The zero-order valence-corrected chi connectivity index (χ0v) is 16.3. The van der Waals surface area contributed by atoms with Gasteiger partial charge in [-0.3, -0.25) is 0 Å². The fraction of sp³-hybridized carbons (Fsp3) is 0.227. The van der Waals surface area contributed by atoms with Crippen LogP contribution < -0.4 is 10.6 Å². The number of aromatic nitrogens is 2. The number of benzene rings is 2. The number of para-hydroxylation sites is 2. The first-order valence-electron chi connectivity index (χ1n) is 9.34. The van der Waals surface area contributed by atoms with Gasteiger partial charge in [-0.05, 0) is 49.6 Å². The van der Waals surface area contributed by atoms with Gasteiger partial charge in [0.25, 0.3) is 0 Å². The van der Waals surface area contributed by atoms with Gasteiger partial charge in [-0.15, -0.1) is 0 Å². The number of nitrogens with one attached hydrogen (secondary N) is 2. The Balaban J connectivity index is 1.85. The summed E-state index contributed by atoms with van der Waals surface area (Å²) in [6.45, 7) is 6.28. The van der Waals surface area contributed by atoms with Crippen molar-refractivity contribution in [1.29, 1.82) is 0 Å². The molecule has 0 amide bonds. The number of anilines is 4. The molecule has 1 aromatic heterocycles. The summed E-state index contributed by atoms with van der Waals surface area (Å²) < 4.78 is 5.12. The van der Waals surface area contributed by atoms with E-state index in [4.69, 9.17) is 4.74 Å². The van der Waals surface area contributed by atoms with Gasteiger partial charge in [0.05, 0.1) is 17.9 Å². The maximum atomic E-state index is 12.2. The highest BCUT2D eigenvalue weighted by Gasteiger charge is 2.13. The van der Waals surface area contributed by atoms with Gasteiger partial charge in [0.2, 0.25) is 5.95 Å². The minimum Gasteiger partial charge on any atom is -0.462 e. The van der Waals surface area contributed by atoms with Gasteiger partial charge in [0.15, 0.2) is 0 Å². The number of rotatable bonds is 7. The van der Waals surface area contributed by atoms with Gasteiger partial charge in [0.1, 0.15) is 5.82 Å². The molecule has 0 saturated heterocycles. The third kappa shape index (κ3) is 4.46. The molecule has 144 valence electrons. The molecule has 0 unspecified atom stereocenters. The lowest BCUT2D eigenvalue weighted by atomic mass is 10.1. The molecule has 0 aliphatic heterocycles. The van der Waals surface area contributed by atoms with E-state index < -0.39 is 0 Å². The van der Waals surface area contributed by atoms with Gasteiger partial charge in [0, 0.05) is 11.9 Å². The Bertz CT molecular complexity index is 972. The van der Waals surface area contributed by atoms with Crippen molar-refractivity contribution in [2.45, 2.75) is 27.2 Å². The van der Waals surface area contributed by atoms with Crippen molar-refractivity contribution < 1.29 is 9.53 Å². The van der Waals surface area contributed by atoms with E-state index in [1.54, 1.807) is 31.3 Å². The molecule has 0 aliphatic carbocycles. The number of hydrogen-bond donors (Lipinski definition) is 2. The number of nitrogens with zero attached hydrogens (tertiary/aromatic N) is 2. The van der Waals surface area contributed by atoms with Crippen molar-refractivity contribution in [1.82, 2.24) is 9.97 Å². The fourth-order valence-electron chi connectivity index (χ4n) is 2.92. The Hall–Kier alpha value is -3.41. The maximum absolute atomic E-state index is 12.2. The Kier molecular flexibility index (Phi) is 6.22. The zero-order chi connectivity index (χ0) is 19.9. The lowest BCUT2D eigenvalue weighted by Crippen LogP contribution is -2.09. The van der Waals surface area contributed by atoms with Gasteiger partial charge in [-0.2, -0.15) is 4.98 Å². The lowest BCUT2D eigenvalue weighted by Gasteiger charge is -2.14. The van der Waals surface area contributed by atoms with Crippen LogP contribution in [0.5, 0.6) is 0 Å². The van der Waals surface area contributed by atoms with Gasteiger partial charge >= 0.3 is 5.97 Å². The minimum absolute atomic E-state index is 0.324. The number of esters is 1. The SMILES string of the molecule is CCOC(=O)c1ccccc1Nc1ccnc(Nc2c(C)cccc2CC)n1. The number of hydrogen-bond acceptors (Lipinski definition) is 6. The van der Waals surface area contributed by atoms with Crippen LogP contribution in [0, 0.1) is 6.92 Å². The van der Waals surface area contributed by atoms with Crippen LogP contribution in [-0.2, 0) is 11.2 Å². The van der Waals surface area contributed by atoms with Crippen LogP contribution in [0.4, 0.5) is 23.1 Å². The molecule has 0 atom stereocenters. The lowest BCUT2D eigenvalue weighted by molar-refractivity contribution is 0.0527. The van der Waals surface area contributed by atoms with Gasteiger partial charge in [-0.25, -0.2) is 9.78 Å². The minimum atomic E-state index is -0.370. The summed E-state index contributed by atoms with van der Waals surface area (Å²) in [6.07, 6.45) is 2.59. The summed E-state index contributed by atoms with van der Waals surface area (Å²) in [5.41, 5.74) is 4.46. The fourth-order valence-corrected chi connectivity index (χ4v) is 2.92. The predicted molar refractivity (Wildman–Crippen MR) is 112 cm³/mol. The summed E-state index contributed by atoms with van der Waals surface area (Å²) >= 11 is 0. The topological polar surface area (TPSA) is 76.1 Å². The van der Waals surface area contributed by atoms with Crippen molar-refractivity contribution in [2.75, 3.05) is 17.2 Å². The molecule has 3 rings (SSSR count). The first-order valence-corrected chi connectivity index (χ1v) is 9.34. The molecule has 0 aliphatic rings. The molecule has 2 N–H and O–H groups in total. The van der Waals surface area contributed by atoms with Gasteiger partial charge < -0.3 is 15.4 Å². The second-order valence-electron chi connectivity index (χ2n) is 6.24. The van der Waals surface area contributed by atoms with E-state index in [-0.39, 0.29) is 5.97 Å². The maximum Gasteiger partial charge on any atom is 0.340 e. The summed E-state index contributed by atoms with van der Waals surface area (Å²) in [7, 11) is 0. The summed E-state index contributed by atoms with van der Waals surface area (Å²) in [5.74, 6) is 0.703. The average molecular weight is 376 g/mol. The van der Waals surface area contributed by atoms with Crippen LogP contribution in [0.25, 0.3) is 0 Å². The molecule has 0 bridgehead atoms. The summed E-state index contributed by atoms with van der Waals surface area (Å²) in [5, 5.41) is 6.51. The van der Waals surface area contributed by atoms with Crippen molar-refractivity contribution >= 4 is 29.1 Å². The molecule has 0 spiro atoms. The number of carbonyl (C=O) groups is 1. The van der Waals surface area contributed by atoms with Crippen molar-refractivity contribution in [3.05, 3.63) is 71.4 Å². The van der Waals surface area contributed by atoms with E-state index in [2.05, 4.69) is 46.6 Å². The highest BCUT2D eigenvalue weighted by Crippen LogP contribution is 2.25. The smallest absolute Gasteiger partial charge is 0.340 e. The molecular weight excluding hydrogens is 352 g/mol. The Labute approximate surface area is 165 Å². The highest BCUT2D eigenvalue weighted by molar-refractivity contribution is 5.96. The quantitative estimate of drug-likeness (QED) is 0.565. The van der Waals surface area contributed by atoms with Gasteiger partial charge in [-0.1, -0.05) is 37.3 Å². The van der Waals surface area contributed by atoms with E-state index >= 15 is 0 Å². The first-order chi connectivity index (χ1) is 13.6. The average Bonchev–Trinajstić information content (AvgIpc) is 2.70. The monoisotopic (exact) mass is 376 g/mol. The van der Waals surface area contributed by atoms with Crippen LogP contribution in [-0.4, -0.2) is 22.5 Å². The van der Waals surface area contributed by atoms with E-state index in [1.807, 2.05) is 18.2 Å². The van der Waals surface area contributed by atoms with Crippen molar-refractivity contribution in [3.8, 4) is 0 Å². The molecule has 0 saturated carbocycles. The molecule has 6 nitrogen and oxygen atoms in total. The highest BCUT2D eigenvalue weighted by atomic mass is 16.5. The molecule has 6 heteroatoms. The standard InChI is InChI=1S/C22H24N4O2/c1-4-16-10-8-9-15(3)20(16)26-22-23-14-13-19(25-22)24-18-12-7-6-11-17(18)21(27)28-5-2/h6-14H,4-5H2,1-3H3,(H2,23,24,25,26). The number of aryl methyl sites for hydroxylation is 2. The van der Waals surface area contributed by atoms with E-state index in [9.17, 15) is 4.79 Å². The van der Waals surface area contributed by atoms with E-state index in [1.165, 1.54) is 5.56 Å². The largest absolute Gasteiger partial charge is 0.462 e. The van der Waals surface area contributed by atoms with Crippen LogP contribution in [0.3, 0.4) is 0 Å². The summed E-state index contributed by atoms with van der Waals surface area (Å²) in [4.78, 5) is 21.0. The molecule has 28 heavy (non-hydrogen) atoms. The van der Waals surface area contributed by atoms with Crippen molar-refractivity contribution in [3.63, 3.8) is 0 Å². The molecule has 2 aromatic carbocycles. The van der Waals surface area contributed by atoms with Crippen LogP contribution in [0.15, 0.2) is 54.7 Å². The third-order valence-corrected chi connectivity index (χ3v) is 4.32. The normalized spacial score (nSPS) is 10.4. The second-order valence-corrected chi connectivity index (χ2v) is 6.24. The van der Waals surface area contributed by atoms with Crippen LogP contribution in [0.1, 0.15) is 35.3 Å². The predicted octanol–water partition coefficient (Wildman–Crippen LogP) is 5.01. The first kappa shape index (κ1) is 19.4. The van der Waals surface area contributed by atoms with Crippen molar-refractivity contribution in [2.24, 2.45) is 0 Å². The number of ether oxygens (including phenoxy) is 1. The Morgan fingerprint density at radius 3 is 2.64 bits per heavy atom. The molecule has 3 aromatic rings. The van der Waals surface area contributed by atoms with Crippen LogP contribution in [0.2, 0.25) is 0 Å². The molecular formula is C22H24N4O2. The third-order valence-electron chi connectivity index (χ3n) is 4.32. The zero-order valence-electron chi connectivity index (χ0n) is 16.3. The van der Waals surface area contributed by atoms with E-state index in [0.29, 0.717) is 29.6 Å². The molecule has 0 radical (unpaired) electrons. The summed E-state index contributed by atoms with van der Waals surface area (Å²) in [6, 6.07) is 15.1. The Morgan fingerprint density at radius 1 is 1.04 bits per heavy atom. The molecule has 0 fully saturated rings.